The summed E-state index contributed by atoms with van der Waals surface area (Å²) >= 11 is 0. The van der Waals surface area contributed by atoms with Crippen molar-refractivity contribution >= 4 is 11.8 Å². The minimum atomic E-state index is -0.469. The van der Waals surface area contributed by atoms with Gasteiger partial charge >= 0.3 is 11.8 Å². The van der Waals surface area contributed by atoms with Crippen LogP contribution in [0.1, 0.15) is 45.4 Å². The van der Waals surface area contributed by atoms with Gasteiger partial charge in [0, 0.05) is 0 Å². The van der Waals surface area contributed by atoms with E-state index in [0.717, 1.165) is 31.6 Å². The molecular weight excluding hydrogens is 192 g/mol. The molecule has 0 aromatic rings. The zero-order valence-corrected chi connectivity index (χ0v) is 9.14. The summed E-state index contributed by atoms with van der Waals surface area (Å²) in [6.45, 7) is 2.27. The van der Waals surface area contributed by atoms with Crippen LogP contribution >= 0.6 is 0 Å². The van der Waals surface area contributed by atoms with Gasteiger partial charge < -0.3 is 10.6 Å². The number of hydrogen-bond donors (Lipinski definition) is 2. The lowest BCUT2D eigenvalue weighted by atomic mass is 9.87. The lowest BCUT2D eigenvalue weighted by Crippen LogP contribution is -2.50. The third-order valence-corrected chi connectivity index (χ3v) is 3.51. The summed E-state index contributed by atoms with van der Waals surface area (Å²) in [7, 11) is 0. The van der Waals surface area contributed by atoms with E-state index in [1.165, 1.54) is 12.8 Å². The van der Waals surface area contributed by atoms with Crippen molar-refractivity contribution in [3.8, 4) is 0 Å². The summed E-state index contributed by atoms with van der Waals surface area (Å²) in [5, 5.41) is 5.60. The zero-order chi connectivity index (χ0) is 10.9. The maximum Gasteiger partial charge on any atom is 0.311 e. The molecule has 2 rings (SSSR count). The molecule has 1 aliphatic heterocycles. The molecule has 2 N–H and O–H groups in total. The standard InChI is InChI=1S/C11H18N2O2/c1-8-4-2-6-11(7-3-5-8)12-9(14)10(15)13-11/h8H,2-7H2,1H3,(H,12,14)(H,13,15). The number of amides is 2. The quantitative estimate of drug-likeness (QED) is 0.584. The summed E-state index contributed by atoms with van der Waals surface area (Å²) in [4.78, 5) is 22.4. The fourth-order valence-corrected chi connectivity index (χ4v) is 2.60. The summed E-state index contributed by atoms with van der Waals surface area (Å²) in [5.74, 6) is -0.164. The van der Waals surface area contributed by atoms with Crippen LogP contribution in [0.15, 0.2) is 0 Å². The van der Waals surface area contributed by atoms with Crippen molar-refractivity contribution in [2.75, 3.05) is 0 Å². The molecule has 1 saturated heterocycles. The highest BCUT2D eigenvalue weighted by atomic mass is 16.2. The zero-order valence-electron chi connectivity index (χ0n) is 9.14. The van der Waals surface area contributed by atoms with E-state index < -0.39 is 17.5 Å². The highest BCUT2D eigenvalue weighted by Crippen LogP contribution is 2.28. The van der Waals surface area contributed by atoms with Crippen molar-refractivity contribution < 1.29 is 9.59 Å². The van der Waals surface area contributed by atoms with Gasteiger partial charge in [-0.05, 0) is 31.6 Å². The van der Waals surface area contributed by atoms with E-state index in [0.29, 0.717) is 0 Å². The van der Waals surface area contributed by atoms with Crippen LogP contribution in [0.5, 0.6) is 0 Å². The van der Waals surface area contributed by atoms with Crippen LogP contribution in [-0.4, -0.2) is 17.5 Å². The van der Waals surface area contributed by atoms with Gasteiger partial charge in [0.2, 0.25) is 0 Å². The number of carbonyl (C=O) groups is 2. The van der Waals surface area contributed by atoms with Crippen molar-refractivity contribution in [1.82, 2.24) is 10.6 Å². The van der Waals surface area contributed by atoms with Crippen LogP contribution in [0.4, 0.5) is 0 Å². The van der Waals surface area contributed by atoms with Gasteiger partial charge in [0.05, 0.1) is 0 Å². The molecule has 2 fully saturated rings. The van der Waals surface area contributed by atoms with Crippen LogP contribution in [0, 0.1) is 5.92 Å². The van der Waals surface area contributed by atoms with Gasteiger partial charge in [0.15, 0.2) is 0 Å². The van der Waals surface area contributed by atoms with Crippen molar-refractivity contribution in [2.24, 2.45) is 5.92 Å². The molecule has 0 aromatic heterocycles. The van der Waals surface area contributed by atoms with E-state index >= 15 is 0 Å². The van der Waals surface area contributed by atoms with Gasteiger partial charge in [-0.25, -0.2) is 0 Å². The maximum atomic E-state index is 11.2. The van der Waals surface area contributed by atoms with Gasteiger partial charge in [-0.1, -0.05) is 19.8 Å². The molecule has 2 amide bonds. The van der Waals surface area contributed by atoms with Gasteiger partial charge in [0.1, 0.15) is 5.66 Å². The Morgan fingerprint density at radius 1 is 1.07 bits per heavy atom. The highest BCUT2D eigenvalue weighted by Gasteiger charge is 2.42. The predicted molar refractivity (Wildman–Crippen MR) is 55.9 cm³/mol. The molecule has 4 heteroatoms. The average molecular weight is 210 g/mol. The second-order valence-electron chi connectivity index (χ2n) is 4.88. The van der Waals surface area contributed by atoms with Gasteiger partial charge in [0.25, 0.3) is 0 Å². The van der Waals surface area contributed by atoms with Crippen LogP contribution in [0.25, 0.3) is 0 Å². The Morgan fingerprint density at radius 3 is 2.00 bits per heavy atom. The average Bonchev–Trinajstić information content (AvgIpc) is 2.41. The van der Waals surface area contributed by atoms with Gasteiger partial charge in [-0.2, -0.15) is 0 Å². The van der Waals surface area contributed by atoms with E-state index in [1.54, 1.807) is 0 Å². The predicted octanol–water partition coefficient (Wildman–Crippen LogP) is 0.919. The fourth-order valence-electron chi connectivity index (χ4n) is 2.60. The molecule has 15 heavy (non-hydrogen) atoms. The van der Waals surface area contributed by atoms with Crippen LogP contribution in [0.3, 0.4) is 0 Å². The molecule has 1 aliphatic carbocycles. The van der Waals surface area contributed by atoms with E-state index in [4.69, 9.17) is 0 Å². The molecule has 84 valence electrons. The lowest BCUT2D eigenvalue weighted by molar-refractivity contribution is -0.135. The monoisotopic (exact) mass is 210 g/mol. The summed E-state index contributed by atoms with van der Waals surface area (Å²) < 4.78 is 0. The lowest BCUT2D eigenvalue weighted by Gasteiger charge is -2.32. The third-order valence-electron chi connectivity index (χ3n) is 3.51. The molecule has 0 unspecified atom stereocenters. The van der Waals surface area contributed by atoms with Crippen molar-refractivity contribution in [3.05, 3.63) is 0 Å². The number of hydrogen-bond acceptors (Lipinski definition) is 2. The van der Waals surface area contributed by atoms with E-state index in [-0.39, 0.29) is 0 Å². The Bertz CT molecular complexity index is 260. The summed E-state index contributed by atoms with van der Waals surface area (Å²) in [6, 6.07) is 0. The van der Waals surface area contributed by atoms with Gasteiger partial charge in [-0.3, -0.25) is 9.59 Å². The number of carbonyl (C=O) groups excluding carboxylic acids is 2. The molecule has 4 nitrogen and oxygen atoms in total. The second kappa shape index (κ2) is 3.83. The first-order valence-electron chi connectivity index (χ1n) is 5.76. The summed E-state index contributed by atoms with van der Waals surface area (Å²) in [6.07, 6.45) is 6.26. The molecule has 1 spiro atoms. The Kier molecular flexibility index (Phi) is 2.67. The fraction of sp³-hybridized carbons (Fsp3) is 0.818. The van der Waals surface area contributed by atoms with Crippen molar-refractivity contribution in [3.63, 3.8) is 0 Å². The molecular formula is C11H18N2O2. The second-order valence-corrected chi connectivity index (χ2v) is 4.88. The summed E-state index contributed by atoms with van der Waals surface area (Å²) in [5.41, 5.74) is -0.422. The first kappa shape index (κ1) is 10.5. The highest BCUT2D eigenvalue weighted by molar-refractivity contribution is 6.37. The first-order valence-corrected chi connectivity index (χ1v) is 5.76. The SMILES string of the molecule is CC1CCCC2(CCC1)NC(=O)C(=O)N2. The van der Waals surface area contributed by atoms with Crippen molar-refractivity contribution in [1.29, 1.82) is 0 Å². The molecule has 0 bridgehead atoms. The topological polar surface area (TPSA) is 58.2 Å². The van der Waals surface area contributed by atoms with Crippen LogP contribution in [-0.2, 0) is 9.59 Å². The molecule has 0 atom stereocenters. The van der Waals surface area contributed by atoms with Crippen LogP contribution < -0.4 is 10.6 Å². The molecule has 2 aliphatic rings. The minimum absolute atomic E-state index is 0.422. The minimum Gasteiger partial charge on any atom is -0.325 e. The Morgan fingerprint density at radius 2 is 1.53 bits per heavy atom. The molecule has 0 aromatic carbocycles. The van der Waals surface area contributed by atoms with Gasteiger partial charge in [-0.15, -0.1) is 0 Å². The third kappa shape index (κ3) is 2.13. The number of nitrogens with one attached hydrogen (secondary N) is 2. The molecule has 1 heterocycles. The maximum absolute atomic E-state index is 11.2. The molecule has 1 saturated carbocycles. The smallest absolute Gasteiger partial charge is 0.311 e. The Labute approximate surface area is 89.8 Å². The molecule has 0 radical (unpaired) electrons. The largest absolute Gasteiger partial charge is 0.325 e. The van der Waals surface area contributed by atoms with Crippen LogP contribution in [0.2, 0.25) is 0 Å². The van der Waals surface area contributed by atoms with Crippen molar-refractivity contribution in [2.45, 2.75) is 51.1 Å². The Balaban J connectivity index is 2.02. The van der Waals surface area contributed by atoms with E-state index in [9.17, 15) is 9.59 Å². The van der Waals surface area contributed by atoms with E-state index in [2.05, 4.69) is 17.6 Å². The first-order chi connectivity index (χ1) is 7.11. The normalized spacial score (nSPS) is 27.0. The Hall–Kier alpha value is -1.06. The number of rotatable bonds is 0. The van der Waals surface area contributed by atoms with E-state index in [1.807, 2.05) is 0 Å².